The first-order valence-corrected chi connectivity index (χ1v) is 8.74. The Kier molecular flexibility index (Phi) is 5.74. The molecule has 0 bridgehead atoms. The molecule has 1 N–H and O–H groups in total. The van der Waals surface area contributed by atoms with Gasteiger partial charge >= 0.3 is 5.97 Å². The van der Waals surface area contributed by atoms with Gasteiger partial charge in [-0.25, -0.2) is 0 Å². The van der Waals surface area contributed by atoms with E-state index < -0.39 is 5.97 Å². The SMILES string of the molecule is O=C(O)CC1CSCCN1C(=O)CCc1ccc(Cl)s1. The highest BCUT2D eigenvalue weighted by Gasteiger charge is 2.28. The van der Waals surface area contributed by atoms with Crippen LogP contribution in [0.4, 0.5) is 0 Å². The fraction of sp³-hybridized carbons (Fsp3) is 0.538. The van der Waals surface area contributed by atoms with Crippen LogP contribution in [0.2, 0.25) is 4.34 Å². The fourth-order valence-corrected chi connectivity index (χ4v) is 4.36. The number of hydrogen-bond acceptors (Lipinski definition) is 4. The summed E-state index contributed by atoms with van der Waals surface area (Å²) in [6, 6.07) is 3.59. The minimum Gasteiger partial charge on any atom is -0.481 e. The molecule has 7 heteroatoms. The van der Waals surface area contributed by atoms with Crippen LogP contribution in [-0.2, 0) is 16.0 Å². The molecular weight excluding hydrogens is 318 g/mol. The number of hydrogen-bond donors (Lipinski definition) is 1. The first kappa shape index (κ1) is 15.7. The molecule has 1 aliphatic heterocycles. The molecule has 2 rings (SSSR count). The maximum atomic E-state index is 12.3. The first-order chi connectivity index (χ1) is 9.56. The standard InChI is InChI=1S/C13H16ClNO3S2/c14-11-3-1-10(20-11)2-4-12(16)15-5-6-19-8-9(15)7-13(17)18/h1,3,9H,2,4-8H2,(H,17,18). The number of halogens is 1. The Morgan fingerprint density at radius 2 is 2.25 bits per heavy atom. The smallest absolute Gasteiger partial charge is 0.305 e. The van der Waals surface area contributed by atoms with Gasteiger partial charge in [-0.05, 0) is 18.6 Å². The van der Waals surface area contributed by atoms with Crippen molar-refractivity contribution < 1.29 is 14.7 Å². The van der Waals surface area contributed by atoms with E-state index in [1.807, 2.05) is 12.1 Å². The monoisotopic (exact) mass is 333 g/mol. The highest BCUT2D eigenvalue weighted by molar-refractivity contribution is 7.99. The summed E-state index contributed by atoms with van der Waals surface area (Å²) in [7, 11) is 0. The van der Waals surface area contributed by atoms with Gasteiger partial charge in [0.05, 0.1) is 16.8 Å². The van der Waals surface area contributed by atoms with Crippen LogP contribution in [0, 0.1) is 0 Å². The van der Waals surface area contributed by atoms with Crippen molar-refractivity contribution in [2.24, 2.45) is 0 Å². The molecule has 2 heterocycles. The summed E-state index contributed by atoms with van der Waals surface area (Å²) in [4.78, 5) is 25.9. The Morgan fingerprint density at radius 3 is 2.90 bits per heavy atom. The number of thioether (sulfide) groups is 1. The zero-order chi connectivity index (χ0) is 14.5. The number of carboxylic acid groups (broad SMARTS) is 1. The van der Waals surface area contributed by atoms with Crippen molar-refractivity contribution in [3.63, 3.8) is 0 Å². The lowest BCUT2D eigenvalue weighted by Crippen LogP contribution is -2.47. The van der Waals surface area contributed by atoms with E-state index in [0.717, 1.165) is 15.0 Å². The second-order valence-electron chi connectivity index (χ2n) is 4.62. The average Bonchev–Trinajstić information content (AvgIpc) is 2.82. The number of carbonyl (C=O) groups excluding carboxylic acids is 1. The Bertz CT molecular complexity index is 492. The van der Waals surface area contributed by atoms with Gasteiger partial charge in [0, 0.05) is 29.3 Å². The van der Waals surface area contributed by atoms with Crippen molar-refractivity contribution in [2.75, 3.05) is 18.1 Å². The maximum absolute atomic E-state index is 12.3. The van der Waals surface area contributed by atoms with Crippen LogP contribution in [0.25, 0.3) is 0 Å². The molecule has 1 aromatic rings. The van der Waals surface area contributed by atoms with Crippen molar-refractivity contribution in [3.8, 4) is 0 Å². The molecular formula is C13H16ClNO3S2. The van der Waals surface area contributed by atoms with Crippen LogP contribution in [0.3, 0.4) is 0 Å². The number of nitrogens with zero attached hydrogens (tertiary/aromatic N) is 1. The second kappa shape index (κ2) is 7.33. The molecule has 1 aromatic heterocycles. The van der Waals surface area contributed by atoms with Gasteiger partial charge < -0.3 is 10.0 Å². The predicted octanol–water partition coefficient (Wildman–Crippen LogP) is 2.75. The van der Waals surface area contributed by atoms with E-state index in [1.54, 1.807) is 16.7 Å². The molecule has 1 atom stereocenters. The lowest BCUT2D eigenvalue weighted by atomic mass is 10.1. The van der Waals surface area contributed by atoms with E-state index in [4.69, 9.17) is 16.7 Å². The third kappa shape index (κ3) is 4.40. The zero-order valence-corrected chi connectivity index (χ0v) is 13.3. The number of aryl methyl sites for hydroxylation is 1. The van der Waals surface area contributed by atoms with Crippen molar-refractivity contribution in [2.45, 2.75) is 25.3 Å². The summed E-state index contributed by atoms with van der Waals surface area (Å²) in [5, 5.41) is 8.92. The summed E-state index contributed by atoms with van der Waals surface area (Å²) in [5.74, 6) is 0.789. The van der Waals surface area contributed by atoms with E-state index in [-0.39, 0.29) is 18.4 Å². The molecule has 20 heavy (non-hydrogen) atoms. The average molecular weight is 334 g/mol. The van der Waals surface area contributed by atoms with Gasteiger partial charge in [0.2, 0.25) is 5.91 Å². The van der Waals surface area contributed by atoms with E-state index >= 15 is 0 Å². The van der Waals surface area contributed by atoms with E-state index in [2.05, 4.69) is 0 Å². The lowest BCUT2D eigenvalue weighted by molar-refractivity contribution is -0.140. The number of carbonyl (C=O) groups is 2. The van der Waals surface area contributed by atoms with Crippen LogP contribution in [0.5, 0.6) is 0 Å². The summed E-state index contributed by atoms with van der Waals surface area (Å²) < 4.78 is 0.727. The normalized spacial score (nSPS) is 19.1. The van der Waals surface area contributed by atoms with E-state index in [9.17, 15) is 9.59 Å². The molecule has 1 aliphatic rings. The topological polar surface area (TPSA) is 57.6 Å². The summed E-state index contributed by atoms with van der Waals surface area (Å²) >= 11 is 9.06. The molecule has 0 aromatic carbocycles. The molecule has 0 radical (unpaired) electrons. The number of amides is 1. The minimum atomic E-state index is -0.847. The summed E-state index contributed by atoms with van der Waals surface area (Å²) in [5.41, 5.74) is 0. The van der Waals surface area contributed by atoms with Gasteiger partial charge in [0.15, 0.2) is 0 Å². The van der Waals surface area contributed by atoms with E-state index in [0.29, 0.717) is 25.1 Å². The van der Waals surface area contributed by atoms with Crippen LogP contribution in [0.15, 0.2) is 12.1 Å². The largest absolute Gasteiger partial charge is 0.481 e. The summed E-state index contributed by atoms with van der Waals surface area (Å²) in [6.45, 7) is 0.645. The third-order valence-electron chi connectivity index (χ3n) is 3.17. The highest BCUT2D eigenvalue weighted by atomic mass is 35.5. The first-order valence-electron chi connectivity index (χ1n) is 6.39. The van der Waals surface area contributed by atoms with Gasteiger partial charge in [0.25, 0.3) is 0 Å². The lowest BCUT2D eigenvalue weighted by Gasteiger charge is -2.34. The Labute approximate surface area is 131 Å². The Hall–Kier alpha value is -0.720. The molecule has 0 saturated carbocycles. The van der Waals surface area contributed by atoms with Gasteiger partial charge in [-0.15, -0.1) is 11.3 Å². The minimum absolute atomic E-state index is 0.0313. The number of aliphatic carboxylic acids is 1. The van der Waals surface area contributed by atoms with E-state index in [1.165, 1.54) is 11.3 Å². The quantitative estimate of drug-likeness (QED) is 0.900. The van der Waals surface area contributed by atoms with Gasteiger partial charge in [-0.2, -0.15) is 11.8 Å². The third-order valence-corrected chi connectivity index (χ3v) is 5.55. The molecule has 1 amide bonds. The predicted molar refractivity (Wildman–Crippen MR) is 82.7 cm³/mol. The second-order valence-corrected chi connectivity index (χ2v) is 7.57. The fourth-order valence-electron chi connectivity index (χ4n) is 2.21. The van der Waals surface area contributed by atoms with Crippen LogP contribution < -0.4 is 0 Å². The molecule has 4 nitrogen and oxygen atoms in total. The molecule has 1 unspecified atom stereocenters. The number of rotatable bonds is 5. The zero-order valence-electron chi connectivity index (χ0n) is 10.9. The summed E-state index contributed by atoms with van der Waals surface area (Å²) in [6.07, 6.45) is 1.11. The molecule has 1 fully saturated rings. The van der Waals surface area contributed by atoms with Gasteiger partial charge in [-0.1, -0.05) is 11.6 Å². The van der Waals surface area contributed by atoms with Gasteiger partial charge in [-0.3, -0.25) is 9.59 Å². The van der Waals surface area contributed by atoms with Crippen LogP contribution in [0.1, 0.15) is 17.7 Å². The molecule has 110 valence electrons. The Morgan fingerprint density at radius 1 is 1.45 bits per heavy atom. The number of carboxylic acids is 1. The van der Waals surface area contributed by atoms with Crippen LogP contribution in [-0.4, -0.2) is 46.0 Å². The molecule has 1 saturated heterocycles. The van der Waals surface area contributed by atoms with Crippen molar-refractivity contribution >= 4 is 46.6 Å². The van der Waals surface area contributed by atoms with Crippen LogP contribution >= 0.6 is 34.7 Å². The molecule has 0 aliphatic carbocycles. The molecule has 0 spiro atoms. The van der Waals surface area contributed by atoms with Crippen molar-refractivity contribution in [3.05, 3.63) is 21.3 Å². The van der Waals surface area contributed by atoms with Gasteiger partial charge in [0.1, 0.15) is 0 Å². The highest BCUT2D eigenvalue weighted by Crippen LogP contribution is 2.24. The number of thiophene rings is 1. The van der Waals surface area contributed by atoms with Crippen molar-refractivity contribution in [1.29, 1.82) is 0 Å². The Balaban J connectivity index is 1.90. The van der Waals surface area contributed by atoms with Crippen molar-refractivity contribution in [1.82, 2.24) is 4.90 Å². The maximum Gasteiger partial charge on any atom is 0.305 e.